The second-order valence-corrected chi connectivity index (χ2v) is 3.43. The maximum Gasteiger partial charge on any atom is 0.140 e. The Morgan fingerprint density at radius 1 is 1.50 bits per heavy atom. The summed E-state index contributed by atoms with van der Waals surface area (Å²) in [4.78, 5) is 4.34. The highest BCUT2D eigenvalue weighted by molar-refractivity contribution is 5.77. The molecule has 0 unspecified atom stereocenters. The monoisotopic (exact) mass is 190 g/mol. The summed E-state index contributed by atoms with van der Waals surface area (Å²) in [5, 5.41) is 9.96. The number of nitrogens with zero attached hydrogens (tertiary/aromatic N) is 2. The molecule has 0 aliphatic carbocycles. The van der Waals surface area contributed by atoms with Crippen molar-refractivity contribution >= 4 is 11.0 Å². The second-order valence-electron chi connectivity index (χ2n) is 3.43. The Bertz CT molecular complexity index is 434. The summed E-state index contributed by atoms with van der Waals surface area (Å²) in [5.74, 6) is 0. The van der Waals surface area contributed by atoms with E-state index in [4.69, 9.17) is 5.11 Å². The molecule has 74 valence electrons. The van der Waals surface area contributed by atoms with E-state index in [1.807, 2.05) is 6.07 Å². The Kier molecular flexibility index (Phi) is 2.50. The minimum atomic E-state index is 0.228. The Morgan fingerprint density at radius 2 is 2.36 bits per heavy atom. The third kappa shape index (κ3) is 1.51. The minimum absolute atomic E-state index is 0.228. The largest absolute Gasteiger partial charge is 0.396 e. The van der Waals surface area contributed by atoms with Gasteiger partial charge in [0.1, 0.15) is 5.65 Å². The first-order valence-corrected chi connectivity index (χ1v) is 4.84. The quantitative estimate of drug-likeness (QED) is 0.800. The number of aromatic nitrogens is 2. The predicted octanol–water partition coefficient (Wildman–Crippen LogP) is 1.73. The van der Waals surface area contributed by atoms with Crippen LogP contribution < -0.4 is 0 Å². The molecule has 0 saturated heterocycles. The van der Waals surface area contributed by atoms with E-state index in [1.165, 1.54) is 11.1 Å². The third-order valence-corrected chi connectivity index (χ3v) is 2.40. The Labute approximate surface area is 83.0 Å². The average molecular weight is 190 g/mol. The van der Waals surface area contributed by atoms with Crippen molar-refractivity contribution in [2.24, 2.45) is 0 Å². The van der Waals surface area contributed by atoms with Crippen LogP contribution in [0.25, 0.3) is 11.0 Å². The first kappa shape index (κ1) is 9.21. The lowest BCUT2D eigenvalue weighted by Crippen LogP contribution is -2.02. The lowest BCUT2D eigenvalue weighted by atomic mass is 10.3. The van der Waals surface area contributed by atoms with E-state index in [9.17, 15) is 0 Å². The van der Waals surface area contributed by atoms with E-state index in [0.717, 1.165) is 18.6 Å². The zero-order valence-corrected chi connectivity index (χ0v) is 8.27. The van der Waals surface area contributed by atoms with Gasteiger partial charge >= 0.3 is 0 Å². The van der Waals surface area contributed by atoms with Crippen LogP contribution >= 0.6 is 0 Å². The Morgan fingerprint density at radius 3 is 3.14 bits per heavy atom. The fraction of sp³-hybridized carbons (Fsp3) is 0.364. The van der Waals surface area contributed by atoms with E-state index in [0.29, 0.717) is 0 Å². The van der Waals surface area contributed by atoms with Crippen LogP contribution in [0.2, 0.25) is 0 Å². The van der Waals surface area contributed by atoms with Gasteiger partial charge in [-0.25, -0.2) is 4.98 Å². The summed E-state index contributed by atoms with van der Waals surface area (Å²) < 4.78 is 2.14. The maximum atomic E-state index is 8.79. The highest BCUT2D eigenvalue weighted by Gasteiger charge is 2.04. The molecule has 0 amide bonds. The number of aliphatic hydroxyl groups excluding tert-OH is 1. The molecule has 0 spiro atoms. The standard InChI is InChI=1S/C11H14N2O/c1-9-8-10-4-2-5-12-11(10)13(9)6-3-7-14/h2,4-5,8,14H,3,6-7H2,1H3. The van der Waals surface area contributed by atoms with Gasteiger partial charge < -0.3 is 9.67 Å². The van der Waals surface area contributed by atoms with E-state index in [2.05, 4.69) is 28.6 Å². The van der Waals surface area contributed by atoms with Gasteiger partial charge in [0.2, 0.25) is 0 Å². The third-order valence-electron chi connectivity index (χ3n) is 2.40. The van der Waals surface area contributed by atoms with Crippen LogP contribution in [0.3, 0.4) is 0 Å². The Balaban J connectivity index is 2.45. The molecule has 0 fully saturated rings. The molecule has 0 saturated carbocycles. The summed E-state index contributed by atoms with van der Waals surface area (Å²) in [6.07, 6.45) is 2.58. The van der Waals surface area contributed by atoms with Crippen LogP contribution in [0.4, 0.5) is 0 Å². The molecule has 1 N–H and O–H groups in total. The fourth-order valence-electron chi connectivity index (χ4n) is 1.73. The van der Waals surface area contributed by atoms with E-state index >= 15 is 0 Å². The number of fused-ring (bicyclic) bond motifs is 1. The smallest absolute Gasteiger partial charge is 0.140 e. The van der Waals surface area contributed by atoms with Crippen molar-refractivity contribution in [2.75, 3.05) is 6.61 Å². The van der Waals surface area contributed by atoms with Crippen LogP contribution in [0, 0.1) is 6.92 Å². The van der Waals surface area contributed by atoms with Crippen molar-refractivity contribution in [2.45, 2.75) is 19.9 Å². The van der Waals surface area contributed by atoms with Crippen LogP contribution in [-0.2, 0) is 6.54 Å². The Hall–Kier alpha value is -1.35. The maximum absolute atomic E-state index is 8.79. The molecule has 14 heavy (non-hydrogen) atoms. The van der Waals surface area contributed by atoms with Gasteiger partial charge in [0, 0.05) is 30.4 Å². The predicted molar refractivity (Wildman–Crippen MR) is 56.2 cm³/mol. The summed E-state index contributed by atoms with van der Waals surface area (Å²) in [6.45, 7) is 3.13. The first-order chi connectivity index (χ1) is 6.83. The molecule has 2 heterocycles. The molecule has 2 rings (SSSR count). The SMILES string of the molecule is Cc1cc2cccnc2n1CCCO. The first-order valence-electron chi connectivity index (χ1n) is 4.84. The lowest BCUT2D eigenvalue weighted by Gasteiger charge is -2.05. The van der Waals surface area contributed by atoms with Gasteiger partial charge in [-0.15, -0.1) is 0 Å². The molecule has 0 aliphatic heterocycles. The molecular weight excluding hydrogens is 176 g/mol. The topological polar surface area (TPSA) is 38.0 Å². The van der Waals surface area contributed by atoms with E-state index in [1.54, 1.807) is 6.20 Å². The number of hydrogen-bond donors (Lipinski definition) is 1. The normalized spacial score (nSPS) is 11.0. The van der Waals surface area contributed by atoms with Gasteiger partial charge in [0.25, 0.3) is 0 Å². The van der Waals surface area contributed by atoms with Crippen molar-refractivity contribution in [3.05, 3.63) is 30.1 Å². The molecule has 2 aromatic rings. The zero-order chi connectivity index (χ0) is 9.97. The summed E-state index contributed by atoms with van der Waals surface area (Å²) in [6, 6.07) is 6.13. The van der Waals surface area contributed by atoms with Crippen LogP contribution in [0.1, 0.15) is 12.1 Å². The minimum Gasteiger partial charge on any atom is -0.396 e. The second kappa shape index (κ2) is 3.80. The summed E-state index contributed by atoms with van der Waals surface area (Å²) >= 11 is 0. The molecular formula is C11H14N2O. The van der Waals surface area contributed by atoms with Crippen molar-refractivity contribution in [1.82, 2.24) is 9.55 Å². The molecule has 0 bridgehead atoms. The molecule has 3 nitrogen and oxygen atoms in total. The lowest BCUT2D eigenvalue weighted by molar-refractivity contribution is 0.280. The van der Waals surface area contributed by atoms with Crippen LogP contribution in [0.5, 0.6) is 0 Å². The van der Waals surface area contributed by atoms with Gasteiger partial charge in [-0.3, -0.25) is 0 Å². The molecule has 0 atom stereocenters. The van der Waals surface area contributed by atoms with Gasteiger partial charge in [0.05, 0.1) is 0 Å². The number of pyridine rings is 1. The van der Waals surface area contributed by atoms with Gasteiger partial charge in [0.15, 0.2) is 0 Å². The van der Waals surface area contributed by atoms with Crippen molar-refractivity contribution < 1.29 is 5.11 Å². The molecule has 2 aromatic heterocycles. The van der Waals surface area contributed by atoms with Crippen molar-refractivity contribution in [3.63, 3.8) is 0 Å². The van der Waals surface area contributed by atoms with Gasteiger partial charge in [-0.2, -0.15) is 0 Å². The zero-order valence-electron chi connectivity index (χ0n) is 8.27. The number of hydrogen-bond acceptors (Lipinski definition) is 2. The molecule has 0 radical (unpaired) electrons. The highest BCUT2D eigenvalue weighted by atomic mass is 16.3. The molecule has 0 aromatic carbocycles. The number of aryl methyl sites for hydroxylation is 2. The van der Waals surface area contributed by atoms with Crippen LogP contribution in [-0.4, -0.2) is 21.3 Å². The van der Waals surface area contributed by atoms with Crippen molar-refractivity contribution in [3.8, 4) is 0 Å². The summed E-state index contributed by atoms with van der Waals surface area (Å²) in [5.41, 5.74) is 2.21. The number of rotatable bonds is 3. The van der Waals surface area contributed by atoms with Gasteiger partial charge in [-0.1, -0.05) is 0 Å². The number of aliphatic hydroxyl groups is 1. The molecule has 0 aliphatic rings. The highest BCUT2D eigenvalue weighted by Crippen LogP contribution is 2.16. The average Bonchev–Trinajstić information content (AvgIpc) is 2.51. The summed E-state index contributed by atoms with van der Waals surface area (Å²) in [7, 11) is 0. The van der Waals surface area contributed by atoms with E-state index in [-0.39, 0.29) is 6.61 Å². The molecule has 3 heteroatoms. The fourth-order valence-corrected chi connectivity index (χ4v) is 1.73. The van der Waals surface area contributed by atoms with Crippen molar-refractivity contribution in [1.29, 1.82) is 0 Å². The van der Waals surface area contributed by atoms with E-state index < -0.39 is 0 Å². The van der Waals surface area contributed by atoms with Crippen LogP contribution in [0.15, 0.2) is 24.4 Å². The van der Waals surface area contributed by atoms with Gasteiger partial charge in [-0.05, 0) is 31.5 Å².